The molecule has 1 heterocycles. The second-order valence-corrected chi connectivity index (χ2v) is 7.32. The molecule has 2 unspecified atom stereocenters. The van der Waals surface area contributed by atoms with Gasteiger partial charge in [0.15, 0.2) is 0 Å². The Bertz CT molecular complexity index is 448. The van der Waals surface area contributed by atoms with E-state index in [4.69, 9.17) is 10.8 Å². The highest BCUT2D eigenvalue weighted by Gasteiger charge is 2.30. The van der Waals surface area contributed by atoms with Gasteiger partial charge >= 0.3 is 5.97 Å². The fourth-order valence-corrected chi connectivity index (χ4v) is 2.83. The lowest BCUT2D eigenvalue weighted by atomic mass is 10.1. The van der Waals surface area contributed by atoms with Crippen LogP contribution in [0.5, 0.6) is 0 Å². The topological polar surface area (TPSA) is 118 Å². The molecule has 0 aromatic rings. The summed E-state index contributed by atoms with van der Waals surface area (Å²) in [4.78, 5) is 24.1. The van der Waals surface area contributed by atoms with Gasteiger partial charge < -0.3 is 15.7 Å². The number of hydrogen-bond donors (Lipinski definition) is 2. The van der Waals surface area contributed by atoms with E-state index in [0.29, 0.717) is 19.5 Å². The Morgan fingerprint density at radius 3 is 2.63 bits per heavy atom. The molecule has 1 aliphatic heterocycles. The molecule has 1 saturated heterocycles. The van der Waals surface area contributed by atoms with Gasteiger partial charge in [-0.1, -0.05) is 0 Å². The number of nitrogens with zero attached hydrogens (tertiary/aromatic N) is 1. The van der Waals surface area contributed by atoms with Crippen molar-refractivity contribution in [2.75, 3.05) is 25.1 Å². The Kier molecular flexibility index (Phi) is 5.30. The van der Waals surface area contributed by atoms with Gasteiger partial charge in [0.1, 0.15) is 9.84 Å². The zero-order chi connectivity index (χ0) is 14.6. The lowest BCUT2D eigenvalue weighted by molar-refractivity contribution is -0.138. The number of carbonyl (C=O) groups is 2. The molecule has 0 bridgehead atoms. The maximum Gasteiger partial charge on any atom is 0.303 e. The summed E-state index contributed by atoms with van der Waals surface area (Å²) in [5.41, 5.74) is 5.68. The first kappa shape index (κ1) is 15.9. The predicted octanol–water partition coefficient (Wildman–Crippen LogP) is -0.928. The molecule has 3 N–H and O–H groups in total. The number of hydrogen-bond acceptors (Lipinski definition) is 5. The minimum absolute atomic E-state index is 0.0384. The molecule has 19 heavy (non-hydrogen) atoms. The van der Waals surface area contributed by atoms with E-state index in [-0.39, 0.29) is 30.4 Å². The summed E-state index contributed by atoms with van der Waals surface area (Å²) in [6, 6.07) is -0.835. The van der Waals surface area contributed by atoms with Crippen LogP contribution in [-0.4, -0.2) is 61.4 Å². The van der Waals surface area contributed by atoms with Crippen LogP contribution in [0.15, 0.2) is 0 Å². The minimum atomic E-state index is -3.13. The molecular formula is C11H20N2O5S. The van der Waals surface area contributed by atoms with E-state index in [1.54, 1.807) is 0 Å². The molecule has 0 radical (unpaired) electrons. The largest absolute Gasteiger partial charge is 0.481 e. The predicted molar refractivity (Wildman–Crippen MR) is 69.2 cm³/mol. The third kappa shape index (κ3) is 5.56. The zero-order valence-corrected chi connectivity index (χ0v) is 11.7. The van der Waals surface area contributed by atoms with Crippen LogP contribution in [0.1, 0.15) is 19.3 Å². The molecule has 1 rings (SSSR count). The molecule has 0 saturated carbocycles. The van der Waals surface area contributed by atoms with Crippen molar-refractivity contribution in [3.63, 3.8) is 0 Å². The van der Waals surface area contributed by atoms with Crippen LogP contribution in [0.3, 0.4) is 0 Å². The van der Waals surface area contributed by atoms with Crippen molar-refractivity contribution >= 4 is 21.7 Å². The van der Waals surface area contributed by atoms with Crippen molar-refractivity contribution in [3.8, 4) is 0 Å². The SMILES string of the molecule is CS(=O)(=O)CCC(N)C(=O)N1CCC(CC(=O)O)C1. The van der Waals surface area contributed by atoms with Crippen molar-refractivity contribution in [2.24, 2.45) is 11.7 Å². The normalized spacial score (nSPS) is 21.4. The van der Waals surface area contributed by atoms with Gasteiger partial charge in [0, 0.05) is 25.8 Å². The molecule has 0 spiro atoms. The molecule has 110 valence electrons. The highest BCUT2D eigenvalue weighted by molar-refractivity contribution is 7.90. The van der Waals surface area contributed by atoms with E-state index in [1.807, 2.05) is 0 Å². The number of sulfone groups is 1. The Morgan fingerprint density at radius 2 is 2.11 bits per heavy atom. The molecule has 7 nitrogen and oxygen atoms in total. The molecule has 0 aliphatic carbocycles. The number of rotatable bonds is 6. The van der Waals surface area contributed by atoms with E-state index >= 15 is 0 Å². The number of likely N-dealkylation sites (tertiary alicyclic amines) is 1. The minimum Gasteiger partial charge on any atom is -0.481 e. The van der Waals surface area contributed by atoms with Crippen molar-refractivity contribution < 1.29 is 23.1 Å². The first-order valence-corrected chi connectivity index (χ1v) is 8.19. The van der Waals surface area contributed by atoms with Crippen LogP contribution in [0, 0.1) is 5.92 Å². The van der Waals surface area contributed by atoms with Crippen LogP contribution in [0.2, 0.25) is 0 Å². The van der Waals surface area contributed by atoms with E-state index in [1.165, 1.54) is 4.90 Å². The van der Waals surface area contributed by atoms with Crippen LogP contribution in [0.4, 0.5) is 0 Å². The molecule has 1 aliphatic rings. The summed E-state index contributed by atoms with van der Waals surface area (Å²) in [6.45, 7) is 0.876. The maximum atomic E-state index is 12.0. The number of carboxylic acid groups (broad SMARTS) is 1. The third-order valence-electron chi connectivity index (χ3n) is 3.18. The smallest absolute Gasteiger partial charge is 0.303 e. The maximum absolute atomic E-state index is 12.0. The molecule has 8 heteroatoms. The highest BCUT2D eigenvalue weighted by atomic mass is 32.2. The lowest BCUT2D eigenvalue weighted by Gasteiger charge is -2.20. The molecule has 0 aromatic heterocycles. The summed E-state index contributed by atoms with van der Waals surface area (Å²) in [5.74, 6) is -1.33. The number of aliphatic carboxylic acids is 1. The average Bonchev–Trinajstić information content (AvgIpc) is 2.71. The fraction of sp³-hybridized carbons (Fsp3) is 0.818. The molecule has 1 amide bonds. The van der Waals surface area contributed by atoms with E-state index in [2.05, 4.69) is 0 Å². The summed E-state index contributed by atoms with van der Waals surface area (Å²) >= 11 is 0. The zero-order valence-electron chi connectivity index (χ0n) is 10.9. The molecular weight excluding hydrogens is 272 g/mol. The molecule has 0 aromatic carbocycles. The van der Waals surface area contributed by atoms with Crippen molar-refractivity contribution in [3.05, 3.63) is 0 Å². The van der Waals surface area contributed by atoms with Crippen LogP contribution in [0.25, 0.3) is 0 Å². The van der Waals surface area contributed by atoms with Gasteiger partial charge in [0.2, 0.25) is 5.91 Å². The van der Waals surface area contributed by atoms with Crippen molar-refractivity contribution in [1.29, 1.82) is 0 Å². The molecule has 1 fully saturated rings. The van der Waals surface area contributed by atoms with Gasteiger partial charge in [-0.15, -0.1) is 0 Å². The monoisotopic (exact) mass is 292 g/mol. The van der Waals surface area contributed by atoms with Crippen molar-refractivity contribution in [2.45, 2.75) is 25.3 Å². The first-order chi connectivity index (χ1) is 8.69. The van der Waals surface area contributed by atoms with Gasteiger partial charge in [-0.05, 0) is 18.8 Å². The Morgan fingerprint density at radius 1 is 1.47 bits per heavy atom. The fourth-order valence-electron chi connectivity index (χ4n) is 2.15. The number of amides is 1. The average molecular weight is 292 g/mol. The van der Waals surface area contributed by atoms with Crippen molar-refractivity contribution in [1.82, 2.24) is 4.90 Å². The van der Waals surface area contributed by atoms with Gasteiger partial charge in [-0.25, -0.2) is 8.42 Å². The first-order valence-electron chi connectivity index (χ1n) is 6.13. The van der Waals surface area contributed by atoms with Crippen LogP contribution >= 0.6 is 0 Å². The lowest BCUT2D eigenvalue weighted by Crippen LogP contribution is -2.43. The second kappa shape index (κ2) is 6.33. The van der Waals surface area contributed by atoms with Crippen LogP contribution in [-0.2, 0) is 19.4 Å². The summed E-state index contributed by atoms with van der Waals surface area (Å²) < 4.78 is 22.0. The molecule has 2 atom stereocenters. The summed E-state index contributed by atoms with van der Waals surface area (Å²) in [7, 11) is -3.13. The number of carbonyl (C=O) groups excluding carboxylic acids is 1. The summed E-state index contributed by atoms with van der Waals surface area (Å²) in [5, 5.41) is 8.69. The summed E-state index contributed by atoms with van der Waals surface area (Å²) in [6.07, 6.45) is 1.89. The van der Waals surface area contributed by atoms with Gasteiger partial charge in [-0.3, -0.25) is 9.59 Å². The van der Waals surface area contributed by atoms with E-state index < -0.39 is 21.8 Å². The van der Waals surface area contributed by atoms with Gasteiger partial charge in [-0.2, -0.15) is 0 Å². The number of carboxylic acids is 1. The Labute approximate surface area is 112 Å². The van der Waals surface area contributed by atoms with E-state index in [0.717, 1.165) is 6.26 Å². The third-order valence-corrected chi connectivity index (χ3v) is 4.15. The van der Waals surface area contributed by atoms with Crippen LogP contribution < -0.4 is 5.73 Å². The van der Waals surface area contributed by atoms with E-state index in [9.17, 15) is 18.0 Å². The number of nitrogens with two attached hydrogens (primary N) is 1. The Hall–Kier alpha value is -1.15. The highest BCUT2D eigenvalue weighted by Crippen LogP contribution is 2.20. The van der Waals surface area contributed by atoms with Gasteiger partial charge in [0.25, 0.3) is 0 Å². The quantitative estimate of drug-likeness (QED) is 0.653. The second-order valence-electron chi connectivity index (χ2n) is 5.06. The van der Waals surface area contributed by atoms with Gasteiger partial charge in [0.05, 0.1) is 11.8 Å². The standard InChI is InChI=1S/C11H20N2O5S/c1-19(17,18)5-3-9(12)11(16)13-4-2-8(7-13)6-10(14)15/h8-9H,2-7,12H2,1H3,(H,14,15). The Balaban J connectivity index is 2.44.